The molecule has 72 valence electrons. The Labute approximate surface area is 83.0 Å². The van der Waals surface area contributed by atoms with Crippen LogP contribution in [0.25, 0.3) is 0 Å². The first-order chi connectivity index (χ1) is 6.22. The van der Waals surface area contributed by atoms with Gasteiger partial charge in [0.15, 0.2) is 8.03 Å². The van der Waals surface area contributed by atoms with Gasteiger partial charge in [-0.3, -0.25) is 4.57 Å². The molecule has 1 aromatic heterocycles. The third kappa shape index (κ3) is 3.90. The molecule has 0 saturated heterocycles. The fourth-order valence-corrected chi connectivity index (χ4v) is 1.97. The van der Waals surface area contributed by atoms with Crippen LogP contribution in [0.15, 0.2) is 18.3 Å². The van der Waals surface area contributed by atoms with Crippen molar-refractivity contribution in [1.82, 2.24) is 4.98 Å². The fraction of sp³-hybridized carbons (Fsp3) is 0.375. The molecule has 1 heterocycles. The van der Waals surface area contributed by atoms with Gasteiger partial charge in [0, 0.05) is 12.4 Å². The second-order valence-electron chi connectivity index (χ2n) is 2.47. The molecule has 0 radical (unpaired) electrons. The number of rotatable bonds is 4. The van der Waals surface area contributed by atoms with E-state index in [2.05, 4.69) is 4.98 Å². The van der Waals surface area contributed by atoms with Gasteiger partial charge in [0.05, 0.1) is 6.61 Å². The zero-order chi connectivity index (χ0) is 9.68. The van der Waals surface area contributed by atoms with E-state index >= 15 is 0 Å². The predicted molar refractivity (Wildman–Crippen MR) is 53.6 cm³/mol. The van der Waals surface area contributed by atoms with Crippen molar-refractivity contribution in [1.29, 1.82) is 0 Å². The minimum atomic E-state index is -1.94. The number of halogens is 1. The van der Waals surface area contributed by atoms with E-state index in [1.54, 1.807) is 18.3 Å². The fourth-order valence-electron chi connectivity index (χ4n) is 0.890. The Balaban J connectivity index is 2.54. The van der Waals surface area contributed by atoms with Gasteiger partial charge in [-0.2, -0.15) is 0 Å². The lowest BCUT2D eigenvalue weighted by Gasteiger charge is -2.01. The molecule has 0 N–H and O–H groups in total. The van der Waals surface area contributed by atoms with Crippen LogP contribution in [0.5, 0.6) is 0 Å². The quantitative estimate of drug-likeness (QED) is 0.577. The molecule has 0 aliphatic rings. The summed E-state index contributed by atoms with van der Waals surface area (Å²) in [6.45, 7) is 2.31. The summed E-state index contributed by atoms with van der Waals surface area (Å²) in [4.78, 5) is 3.88. The summed E-state index contributed by atoms with van der Waals surface area (Å²) in [6.07, 6.45) is 2.05. The molecule has 0 bridgehead atoms. The lowest BCUT2D eigenvalue weighted by atomic mass is 10.3. The third-order valence-electron chi connectivity index (χ3n) is 1.44. The molecule has 13 heavy (non-hydrogen) atoms. The van der Waals surface area contributed by atoms with Crippen LogP contribution >= 0.6 is 19.6 Å². The first kappa shape index (κ1) is 10.7. The molecule has 1 aromatic rings. The van der Waals surface area contributed by atoms with Crippen LogP contribution in [0.1, 0.15) is 12.5 Å². The predicted octanol–water partition coefficient (Wildman–Crippen LogP) is 2.75. The maximum absolute atomic E-state index is 11.2. The highest BCUT2D eigenvalue weighted by molar-refractivity contribution is 7.38. The Hall–Kier alpha value is -0.370. The standard InChI is InChI=1S/C8H11ClNO2P/c1-2-12-13(11)6-7-3-4-8(9)10-5-7/h3-5,13H,2,6H2,1H3. The summed E-state index contributed by atoms with van der Waals surface area (Å²) < 4.78 is 16.2. The van der Waals surface area contributed by atoms with Crippen molar-refractivity contribution in [2.75, 3.05) is 6.61 Å². The molecule has 0 aliphatic carbocycles. The smallest absolute Gasteiger partial charge is 0.195 e. The highest BCUT2D eigenvalue weighted by atomic mass is 35.5. The lowest BCUT2D eigenvalue weighted by molar-refractivity contribution is 0.350. The Kier molecular flexibility index (Phi) is 4.43. The number of hydrogen-bond donors (Lipinski definition) is 0. The molecule has 0 saturated carbocycles. The summed E-state index contributed by atoms with van der Waals surface area (Å²) in [5, 5.41) is 0.444. The van der Waals surface area contributed by atoms with Crippen LogP contribution < -0.4 is 0 Å². The third-order valence-corrected chi connectivity index (χ3v) is 2.97. The minimum Gasteiger partial charge on any atom is -0.331 e. The van der Waals surface area contributed by atoms with Gasteiger partial charge in [-0.15, -0.1) is 0 Å². The summed E-state index contributed by atoms with van der Waals surface area (Å²) in [7, 11) is -1.94. The van der Waals surface area contributed by atoms with Gasteiger partial charge >= 0.3 is 0 Å². The van der Waals surface area contributed by atoms with E-state index in [1.807, 2.05) is 6.92 Å². The molecule has 1 atom stereocenters. The van der Waals surface area contributed by atoms with E-state index in [0.29, 0.717) is 17.9 Å². The Morgan fingerprint density at radius 2 is 2.38 bits per heavy atom. The summed E-state index contributed by atoms with van der Waals surface area (Å²) in [5.41, 5.74) is 0.890. The highest BCUT2D eigenvalue weighted by Gasteiger charge is 2.00. The van der Waals surface area contributed by atoms with Gasteiger partial charge in [0.1, 0.15) is 5.15 Å². The number of pyridine rings is 1. The van der Waals surface area contributed by atoms with Gasteiger partial charge in [0.2, 0.25) is 0 Å². The Bertz CT molecular complexity index is 289. The largest absolute Gasteiger partial charge is 0.331 e. The molecule has 1 rings (SSSR count). The van der Waals surface area contributed by atoms with Crippen molar-refractivity contribution in [2.24, 2.45) is 0 Å². The normalized spacial score (nSPS) is 12.8. The van der Waals surface area contributed by atoms with Gasteiger partial charge in [-0.25, -0.2) is 4.98 Å². The summed E-state index contributed by atoms with van der Waals surface area (Å²) in [6, 6.07) is 3.48. The van der Waals surface area contributed by atoms with Crippen molar-refractivity contribution in [2.45, 2.75) is 13.1 Å². The van der Waals surface area contributed by atoms with Gasteiger partial charge in [-0.05, 0) is 18.6 Å². The van der Waals surface area contributed by atoms with E-state index in [-0.39, 0.29) is 0 Å². The molecule has 5 heteroatoms. The van der Waals surface area contributed by atoms with Crippen LogP contribution in [0.2, 0.25) is 5.15 Å². The SMILES string of the molecule is CCO[PH](=O)Cc1ccc(Cl)nc1. The van der Waals surface area contributed by atoms with Crippen molar-refractivity contribution >= 4 is 19.6 Å². The van der Waals surface area contributed by atoms with Crippen LogP contribution in [0, 0.1) is 0 Å². The molecule has 0 aromatic carbocycles. The van der Waals surface area contributed by atoms with Gasteiger partial charge < -0.3 is 4.52 Å². The molecule has 0 spiro atoms. The van der Waals surface area contributed by atoms with Crippen LogP contribution in [0.4, 0.5) is 0 Å². The number of nitrogens with zero attached hydrogens (tertiary/aromatic N) is 1. The highest BCUT2D eigenvalue weighted by Crippen LogP contribution is 2.27. The van der Waals surface area contributed by atoms with Gasteiger partial charge in [0.25, 0.3) is 0 Å². The monoisotopic (exact) mass is 219 g/mol. The van der Waals surface area contributed by atoms with E-state index < -0.39 is 8.03 Å². The second-order valence-corrected chi connectivity index (χ2v) is 4.24. The second kappa shape index (κ2) is 5.38. The summed E-state index contributed by atoms with van der Waals surface area (Å²) >= 11 is 5.60. The minimum absolute atomic E-state index is 0.433. The average Bonchev–Trinajstić information content (AvgIpc) is 2.09. The maximum Gasteiger partial charge on any atom is 0.195 e. The number of hydrogen-bond acceptors (Lipinski definition) is 3. The van der Waals surface area contributed by atoms with Crippen molar-refractivity contribution in [3.05, 3.63) is 29.0 Å². The van der Waals surface area contributed by atoms with Crippen molar-refractivity contribution in [3.63, 3.8) is 0 Å². The molecule has 3 nitrogen and oxygen atoms in total. The van der Waals surface area contributed by atoms with E-state index in [1.165, 1.54) is 0 Å². The zero-order valence-electron chi connectivity index (χ0n) is 7.29. The molecule has 0 fully saturated rings. The average molecular weight is 220 g/mol. The first-order valence-corrected chi connectivity index (χ1v) is 5.88. The number of aromatic nitrogens is 1. The maximum atomic E-state index is 11.2. The van der Waals surface area contributed by atoms with E-state index in [9.17, 15) is 4.57 Å². The van der Waals surface area contributed by atoms with E-state index in [0.717, 1.165) is 5.56 Å². The molecular formula is C8H11ClNO2P. The first-order valence-electron chi connectivity index (χ1n) is 3.98. The van der Waals surface area contributed by atoms with Crippen molar-refractivity contribution < 1.29 is 9.09 Å². The molecule has 0 aliphatic heterocycles. The lowest BCUT2D eigenvalue weighted by Crippen LogP contribution is -1.85. The van der Waals surface area contributed by atoms with Crippen LogP contribution in [-0.4, -0.2) is 11.6 Å². The molecule has 1 unspecified atom stereocenters. The topological polar surface area (TPSA) is 39.2 Å². The van der Waals surface area contributed by atoms with Crippen LogP contribution in [0.3, 0.4) is 0 Å². The summed E-state index contributed by atoms with van der Waals surface area (Å²) in [5.74, 6) is 0. The van der Waals surface area contributed by atoms with E-state index in [4.69, 9.17) is 16.1 Å². The zero-order valence-corrected chi connectivity index (χ0v) is 9.04. The molecule has 0 amide bonds. The van der Waals surface area contributed by atoms with Gasteiger partial charge in [-0.1, -0.05) is 17.7 Å². The molecular weight excluding hydrogens is 209 g/mol. The Morgan fingerprint density at radius 3 is 2.92 bits per heavy atom. The van der Waals surface area contributed by atoms with Crippen molar-refractivity contribution in [3.8, 4) is 0 Å². The van der Waals surface area contributed by atoms with Crippen LogP contribution in [-0.2, 0) is 15.3 Å². The Morgan fingerprint density at radius 1 is 1.62 bits per heavy atom.